The van der Waals surface area contributed by atoms with Gasteiger partial charge in [-0.15, -0.1) is 0 Å². The van der Waals surface area contributed by atoms with Gasteiger partial charge < -0.3 is 4.74 Å². The normalized spacial score (nSPS) is 10.1. The zero-order chi connectivity index (χ0) is 11.4. The smallest absolute Gasteiger partial charge is 0.167 e. The largest absolute Gasteiger partial charge is 0.486 e. The van der Waals surface area contributed by atoms with Crippen LogP contribution in [-0.4, -0.2) is 0 Å². The number of ether oxygens (including phenoxy) is 1. The molecule has 0 unspecified atom stereocenters. The van der Waals surface area contributed by atoms with Gasteiger partial charge in [-0.3, -0.25) is 0 Å². The van der Waals surface area contributed by atoms with Crippen LogP contribution in [0.1, 0.15) is 11.1 Å². The molecule has 0 atom stereocenters. The van der Waals surface area contributed by atoms with E-state index < -0.39 is 0 Å². The molecule has 0 fully saturated rings. The summed E-state index contributed by atoms with van der Waals surface area (Å²) in [5.41, 5.74) is 1.63. The van der Waals surface area contributed by atoms with Crippen molar-refractivity contribution in [1.82, 2.24) is 0 Å². The molecule has 0 aromatic heterocycles. The lowest BCUT2D eigenvalue weighted by Crippen LogP contribution is -1.98. The maximum absolute atomic E-state index is 13.6. The third-order valence-electron chi connectivity index (χ3n) is 2.39. The summed E-state index contributed by atoms with van der Waals surface area (Å²) in [6, 6.07) is 14.9. The Morgan fingerprint density at radius 3 is 2.50 bits per heavy atom. The first-order chi connectivity index (χ1) is 7.77. The zero-order valence-corrected chi connectivity index (χ0v) is 9.11. The highest BCUT2D eigenvalue weighted by atomic mass is 19.1. The van der Waals surface area contributed by atoms with Crippen LogP contribution in [0.15, 0.2) is 48.5 Å². The highest BCUT2D eigenvalue weighted by Crippen LogP contribution is 2.20. The van der Waals surface area contributed by atoms with Crippen molar-refractivity contribution in [3.63, 3.8) is 0 Å². The minimum atomic E-state index is -0.279. The summed E-state index contributed by atoms with van der Waals surface area (Å²) in [7, 11) is 0. The van der Waals surface area contributed by atoms with E-state index in [1.807, 2.05) is 30.3 Å². The number of halogens is 1. The van der Waals surface area contributed by atoms with Crippen molar-refractivity contribution in [2.24, 2.45) is 0 Å². The van der Waals surface area contributed by atoms with Crippen molar-refractivity contribution in [3.05, 3.63) is 65.5 Å². The average molecular weight is 216 g/mol. The molecule has 2 aromatic rings. The number of rotatable bonds is 3. The van der Waals surface area contributed by atoms with E-state index in [0.717, 1.165) is 5.56 Å². The first-order valence-electron chi connectivity index (χ1n) is 5.19. The summed E-state index contributed by atoms with van der Waals surface area (Å²) in [6.07, 6.45) is 0. The van der Waals surface area contributed by atoms with Crippen LogP contribution in [0.3, 0.4) is 0 Å². The fraction of sp³-hybridized carbons (Fsp3) is 0.143. The number of hydrogen-bond acceptors (Lipinski definition) is 1. The summed E-state index contributed by atoms with van der Waals surface area (Å²) < 4.78 is 19.0. The minimum absolute atomic E-state index is 0.279. The highest BCUT2D eigenvalue weighted by Gasteiger charge is 2.05. The molecule has 0 saturated carbocycles. The minimum Gasteiger partial charge on any atom is -0.486 e. The van der Waals surface area contributed by atoms with E-state index in [4.69, 9.17) is 4.74 Å². The molecule has 82 valence electrons. The molecule has 1 nitrogen and oxygen atoms in total. The molecule has 0 aliphatic carbocycles. The van der Waals surface area contributed by atoms with E-state index in [0.29, 0.717) is 17.9 Å². The van der Waals surface area contributed by atoms with Gasteiger partial charge in [0.1, 0.15) is 6.61 Å². The van der Waals surface area contributed by atoms with Crippen molar-refractivity contribution in [2.75, 3.05) is 0 Å². The Kier molecular flexibility index (Phi) is 3.20. The van der Waals surface area contributed by atoms with Crippen molar-refractivity contribution in [2.45, 2.75) is 13.5 Å². The summed E-state index contributed by atoms with van der Waals surface area (Å²) in [6.45, 7) is 2.12. The SMILES string of the molecule is Cc1cccc(OCc2ccccc2)c1F. The third-order valence-corrected chi connectivity index (χ3v) is 2.39. The quantitative estimate of drug-likeness (QED) is 0.759. The van der Waals surface area contributed by atoms with Crippen LogP contribution < -0.4 is 4.74 Å². The van der Waals surface area contributed by atoms with Gasteiger partial charge in [-0.25, -0.2) is 4.39 Å². The summed E-state index contributed by atoms with van der Waals surface area (Å²) in [4.78, 5) is 0. The van der Waals surface area contributed by atoms with Crippen molar-refractivity contribution in [3.8, 4) is 5.75 Å². The second kappa shape index (κ2) is 4.79. The lowest BCUT2D eigenvalue weighted by molar-refractivity contribution is 0.289. The van der Waals surface area contributed by atoms with Crippen molar-refractivity contribution in [1.29, 1.82) is 0 Å². The molecule has 0 N–H and O–H groups in total. The Balaban J connectivity index is 2.08. The number of benzene rings is 2. The Bertz CT molecular complexity index is 465. The Hall–Kier alpha value is -1.83. The molecule has 2 rings (SSSR count). The van der Waals surface area contributed by atoms with Crippen molar-refractivity contribution >= 4 is 0 Å². The van der Waals surface area contributed by atoms with Crippen LogP contribution in [0.5, 0.6) is 5.75 Å². The molecule has 0 amide bonds. The molecule has 0 aliphatic heterocycles. The topological polar surface area (TPSA) is 9.23 Å². The molecule has 0 radical (unpaired) electrons. The fourth-order valence-electron chi connectivity index (χ4n) is 1.47. The average Bonchev–Trinajstić information content (AvgIpc) is 2.32. The van der Waals surface area contributed by atoms with Gasteiger partial charge in [-0.1, -0.05) is 42.5 Å². The highest BCUT2D eigenvalue weighted by molar-refractivity contribution is 5.30. The lowest BCUT2D eigenvalue weighted by Gasteiger charge is -2.08. The molecule has 2 heteroatoms. The first kappa shape index (κ1) is 10.7. The van der Waals surface area contributed by atoms with Crippen LogP contribution in [0.25, 0.3) is 0 Å². The molecule has 0 spiro atoms. The predicted octanol–water partition coefficient (Wildman–Crippen LogP) is 3.71. The van der Waals surface area contributed by atoms with E-state index in [1.165, 1.54) is 0 Å². The van der Waals surface area contributed by atoms with E-state index in [-0.39, 0.29) is 5.82 Å². The van der Waals surface area contributed by atoms with Crippen LogP contribution >= 0.6 is 0 Å². The second-order valence-corrected chi connectivity index (χ2v) is 3.66. The van der Waals surface area contributed by atoms with Gasteiger partial charge in [0.15, 0.2) is 11.6 Å². The van der Waals surface area contributed by atoms with Gasteiger partial charge in [0.25, 0.3) is 0 Å². The van der Waals surface area contributed by atoms with E-state index in [1.54, 1.807) is 25.1 Å². The molecule has 0 bridgehead atoms. The van der Waals surface area contributed by atoms with Crippen LogP contribution in [0.2, 0.25) is 0 Å². The molecule has 0 heterocycles. The van der Waals surface area contributed by atoms with Gasteiger partial charge >= 0.3 is 0 Å². The van der Waals surface area contributed by atoms with E-state index in [9.17, 15) is 4.39 Å². The molecule has 2 aromatic carbocycles. The first-order valence-corrected chi connectivity index (χ1v) is 5.19. The monoisotopic (exact) mass is 216 g/mol. The summed E-state index contributed by atoms with van der Waals surface area (Å²) in [5, 5.41) is 0. The fourth-order valence-corrected chi connectivity index (χ4v) is 1.47. The molecule has 0 saturated heterocycles. The summed E-state index contributed by atoms with van der Waals surface area (Å²) >= 11 is 0. The van der Waals surface area contributed by atoms with Crippen molar-refractivity contribution < 1.29 is 9.13 Å². The Morgan fingerprint density at radius 2 is 1.75 bits per heavy atom. The van der Waals surface area contributed by atoms with Gasteiger partial charge in [-0.05, 0) is 24.1 Å². The predicted molar refractivity (Wildman–Crippen MR) is 61.9 cm³/mol. The second-order valence-electron chi connectivity index (χ2n) is 3.66. The van der Waals surface area contributed by atoms with Gasteiger partial charge in [0.2, 0.25) is 0 Å². The molecule has 0 aliphatic rings. The van der Waals surface area contributed by atoms with E-state index >= 15 is 0 Å². The standard InChI is InChI=1S/C14H13FO/c1-11-6-5-9-13(14(11)15)16-10-12-7-3-2-4-8-12/h2-9H,10H2,1H3. The van der Waals surface area contributed by atoms with Gasteiger partial charge in [0.05, 0.1) is 0 Å². The summed E-state index contributed by atoms with van der Waals surface area (Å²) in [5.74, 6) is 0.0299. The maximum Gasteiger partial charge on any atom is 0.167 e. The maximum atomic E-state index is 13.6. The molecular weight excluding hydrogens is 203 g/mol. The molecular formula is C14H13FO. The van der Waals surface area contributed by atoms with Gasteiger partial charge in [-0.2, -0.15) is 0 Å². The number of hydrogen-bond donors (Lipinski definition) is 0. The molecule has 16 heavy (non-hydrogen) atoms. The zero-order valence-electron chi connectivity index (χ0n) is 9.11. The third kappa shape index (κ3) is 2.40. The van der Waals surface area contributed by atoms with Gasteiger partial charge in [0, 0.05) is 0 Å². The number of aryl methyl sites for hydroxylation is 1. The van der Waals surface area contributed by atoms with E-state index in [2.05, 4.69) is 0 Å². The van der Waals surface area contributed by atoms with Crippen LogP contribution in [0.4, 0.5) is 4.39 Å². The van der Waals surface area contributed by atoms with Crippen LogP contribution in [-0.2, 0) is 6.61 Å². The lowest BCUT2D eigenvalue weighted by atomic mass is 10.2. The van der Waals surface area contributed by atoms with Crippen LogP contribution in [0, 0.1) is 12.7 Å². The Labute approximate surface area is 94.5 Å². The Morgan fingerprint density at radius 1 is 1.00 bits per heavy atom.